The molecule has 0 fully saturated rings. The lowest BCUT2D eigenvalue weighted by atomic mass is 10.0. The zero-order valence-corrected chi connectivity index (χ0v) is 9.68. The predicted octanol–water partition coefficient (Wildman–Crippen LogP) is 1.71. The number of benzene rings is 1. The highest BCUT2D eigenvalue weighted by Gasteiger charge is 2.14. The number of ketones is 1. The van der Waals surface area contributed by atoms with Crippen molar-refractivity contribution in [3.8, 4) is 5.75 Å². The number of methoxy groups -OCH3 is 1. The summed E-state index contributed by atoms with van der Waals surface area (Å²) in [5.74, 6) is 0.722. The van der Waals surface area contributed by atoms with Crippen LogP contribution < -0.4 is 10.1 Å². The summed E-state index contributed by atoms with van der Waals surface area (Å²) >= 11 is 0. The fourth-order valence-electron chi connectivity index (χ4n) is 1.70. The van der Waals surface area contributed by atoms with Gasteiger partial charge in [0.2, 0.25) is 0 Å². The summed E-state index contributed by atoms with van der Waals surface area (Å²) < 4.78 is 5.23. The number of hydrogen-bond acceptors (Lipinski definition) is 3. The van der Waals surface area contributed by atoms with E-state index >= 15 is 0 Å². The molecule has 0 aromatic heterocycles. The number of nitrogens with one attached hydrogen (secondary N) is 1. The van der Waals surface area contributed by atoms with Gasteiger partial charge in [0.1, 0.15) is 5.75 Å². The minimum absolute atomic E-state index is 0.0619. The molecule has 82 valence electrons. The molecule has 1 aromatic carbocycles. The Morgan fingerprint density at radius 2 is 2.07 bits per heavy atom. The SMILES string of the molecule is CNCC(=O)c1c(C)cc(C)cc1OC. The maximum absolute atomic E-state index is 11.8. The average molecular weight is 207 g/mol. The van der Waals surface area contributed by atoms with Crippen molar-refractivity contribution in [1.82, 2.24) is 5.32 Å². The number of ether oxygens (including phenoxy) is 1. The van der Waals surface area contributed by atoms with E-state index in [1.165, 1.54) is 0 Å². The Balaban J connectivity index is 3.20. The molecule has 0 aliphatic rings. The highest BCUT2D eigenvalue weighted by Crippen LogP contribution is 2.24. The molecule has 0 amide bonds. The van der Waals surface area contributed by atoms with E-state index in [9.17, 15) is 4.79 Å². The first-order valence-electron chi connectivity index (χ1n) is 4.93. The summed E-state index contributed by atoms with van der Waals surface area (Å²) in [6.45, 7) is 4.25. The molecular weight excluding hydrogens is 190 g/mol. The molecule has 15 heavy (non-hydrogen) atoms. The third-order valence-corrected chi connectivity index (χ3v) is 2.28. The Morgan fingerprint density at radius 3 is 2.60 bits per heavy atom. The van der Waals surface area contributed by atoms with Gasteiger partial charge in [-0.05, 0) is 38.1 Å². The highest BCUT2D eigenvalue weighted by atomic mass is 16.5. The van der Waals surface area contributed by atoms with Gasteiger partial charge in [-0.15, -0.1) is 0 Å². The second-order valence-corrected chi connectivity index (χ2v) is 3.61. The van der Waals surface area contributed by atoms with Crippen LogP contribution in [0.5, 0.6) is 5.75 Å². The number of likely N-dealkylation sites (N-methyl/N-ethyl adjacent to an activating group) is 1. The Morgan fingerprint density at radius 1 is 1.40 bits per heavy atom. The molecular formula is C12H17NO2. The van der Waals surface area contributed by atoms with Crippen molar-refractivity contribution < 1.29 is 9.53 Å². The van der Waals surface area contributed by atoms with E-state index in [0.29, 0.717) is 17.9 Å². The lowest BCUT2D eigenvalue weighted by Crippen LogP contribution is -2.20. The highest BCUT2D eigenvalue weighted by molar-refractivity contribution is 6.01. The van der Waals surface area contributed by atoms with Crippen molar-refractivity contribution in [3.05, 3.63) is 28.8 Å². The van der Waals surface area contributed by atoms with Gasteiger partial charge < -0.3 is 10.1 Å². The van der Waals surface area contributed by atoms with Gasteiger partial charge in [-0.1, -0.05) is 6.07 Å². The number of aryl methyl sites for hydroxylation is 2. The van der Waals surface area contributed by atoms with Crippen molar-refractivity contribution in [3.63, 3.8) is 0 Å². The quantitative estimate of drug-likeness (QED) is 0.764. The number of carbonyl (C=O) groups is 1. The van der Waals surface area contributed by atoms with E-state index in [0.717, 1.165) is 11.1 Å². The number of hydrogen-bond donors (Lipinski definition) is 1. The van der Waals surface area contributed by atoms with Gasteiger partial charge in [0.25, 0.3) is 0 Å². The first-order valence-corrected chi connectivity index (χ1v) is 4.93. The van der Waals surface area contributed by atoms with Crippen molar-refractivity contribution in [2.45, 2.75) is 13.8 Å². The minimum atomic E-state index is 0.0619. The third kappa shape index (κ3) is 2.57. The van der Waals surface area contributed by atoms with E-state index < -0.39 is 0 Å². The fourth-order valence-corrected chi connectivity index (χ4v) is 1.70. The summed E-state index contributed by atoms with van der Waals surface area (Å²) in [4.78, 5) is 11.8. The molecule has 0 radical (unpaired) electrons. The van der Waals surface area contributed by atoms with Crippen LogP contribution >= 0.6 is 0 Å². The lowest BCUT2D eigenvalue weighted by Gasteiger charge is -2.11. The number of Topliss-reactive ketones (excluding diaryl/α,β-unsaturated/α-hetero) is 1. The van der Waals surface area contributed by atoms with E-state index in [-0.39, 0.29) is 5.78 Å². The minimum Gasteiger partial charge on any atom is -0.496 e. The first-order chi connectivity index (χ1) is 7.10. The molecule has 0 saturated heterocycles. The molecule has 0 atom stereocenters. The van der Waals surface area contributed by atoms with Crippen LogP contribution in [0.4, 0.5) is 0 Å². The molecule has 0 aliphatic carbocycles. The molecule has 3 nitrogen and oxygen atoms in total. The summed E-state index contributed by atoms with van der Waals surface area (Å²) in [6, 6.07) is 3.88. The molecule has 3 heteroatoms. The Kier molecular flexibility index (Phi) is 3.86. The maximum atomic E-state index is 11.8. The van der Waals surface area contributed by atoms with Crippen molar-refractivity contribution in [2.75, 3.05) is 20.7 Å². The Labute approximate surface area is 90.4 Å². The number of rotatable bonds is 4. The Bertz CT molecular complexity index is 372. The molecule has 1 aromatic rings. The van der Waals surface area contributed by atoms with Gasteiger partial charge in [0.15, 0.2) is 5.78 Å². The monoisotopic (exact) mass is 207 g/mol. The molecule has 0 aliphatic heterocycles. The molecule has 0 heterocycles. The predicted molar refractivity (Wildman–Crippen MR) is 60.7 cm³/mol. The van der Waals surface area contributed by atoms with Crippen molar-refractivity contribution in [1.29, 1.82) is 0 Å². The van der Waals surface area contributed by atoms with Gasteiger partial charge in [-0.3, -0.25) is 4.79 Å². The van der Waals surface area contributed by atoms with Crippen LogP contribution in [-0.4, -0.2) is 26.5 Å². The van der Waals surface area contributed by atoms with Crippen LogP contribution in [0.25, 0.3) is 0 Å². The third-order valence-electron chi connectivity index (χ3n) is 2.28. The van der Waals surface area contributed by atoms with E-state index in [1.54, 1.807) is 14.2 Å². The zero-order chi connectivity index (χ0) is 11.4. The van der Waals surface area contributed by atoms with Crippen molar-refractivity contribution >= 4 is 5.78 Å². The zero-order valence-electron chi connectivity index (χ0n) is 9.68. The standard InChI is InChI=1S/C12H17NO2/c1-8-5-9(2)12(10(14)7-13-3)11(6-8)15-4/h5-6,13H,7H2,1-4H3. The molecule has 1 rings (SSSR count). The van der Waals surface area contributed by atoms with Gasteiger partial charge in [-0.2, -0.15) is 0 Å². The van der Waals surface area contributed by atoms with Gasteiger partial charge in [0.05, 0.1) is 19.2 Å². The summed E-state index contributed by atoms with van der Waals surface area (Å²) in [5.41, 5.74) is 2.75. The maximum Gasteiger partial charge on any atom is 0.180 e. The molecule has 0 spiro atoms. The van der Waals surface area contributed by atoms with Gasteiger partial charge >= 0.3 is 0 Å². The van der Waals surface area contributed by atoms with E-state index in [2.05, 4.69) is 5.32 Å². The van der Waals surface area contributed by atoms with Gasteiger partial charge in [0, 0.05) is 0 Å². The van der Waals surface area contributed by atoms with E-state index in [1.807, 2.05) is 26.0 Å². The summed E-state index contributed by atoms with van der Waals surface area (Å²) in [7, 11) is 3.35. The summed E-state index contributed by atoms with van der Waals surface area (Å²) in [5, 5.41) is 2.85. The number of carbonyl (C=O) groups excluding carboxylic acids is 1. The van der Waals surface area contributed by atoms with Crippen molar-refractivity contribution in [2.24, 2.45) is 0 Å². The van der Waals surface area contributed by atoms with Crippen LogP contribution in [-0.2, 0) is 0 Å². The van der Waals surface area contributed by atoms with Crippen LogP contribution in [0, 0.1) is 13.8 Å². The van der Waals surface area contributed by atoms with Crippen LogP contribution in [0.3, 0.4) is 0 Å². The largest absolute Gasteiger partial charge is 0.496 e. The van der Waals surface area contributed by atoms with Crippen LogP contribution in [0.1, 0.15) is 21.5 Å². The topological polar surface area (TPSA) is 38.3 Å². The van der Waals surface area contributed by atoms with Crippen LogP contribution in [0.15, 0.2) is 12.1 Å². The second-order valence-electron chi connectivity index (χ2n) is 3.61. The molecule has 0 bridgehead atoms. The Hall–Kier alpha value is -1.35. The smallest absolute Gasteiger partial charge is 0.180 e. The summed E-state index contributed by atoms with van der Waals surface area (Å²) in [6.07, 6.45) is 0. The van der Waals surface area contributed by atoms with Crippen LogP contribution in [0.2, 0.25) is 0 Å². The lowest BCUT2D eigenvalue weighted by molar-refractivity contribution is 0.0990. The second kappa shape index (κ2) is 4.94. The molecule has 1 N–H and O–H groups in total. The van der Waals surface area contributed by atoms with E-state index in [4.69, 9.17) is 4.74 Å². The first kappa shape index (κ1) is 11.7. The van der Waals surface area contributed by atoms with Gasteiger partial charge in [-0.25, -0.2) is 0 Å². The average Bonchev–Trinajstić information content (AvgIpc) is 2.16. The fraction of sp³-hybridized carbons (Fsp3) is 0.417. The normalized spacial score (nSPS) is 10.1. The molecule has 0 saturated carbocycles. The molecule has 0 unspecified atom stereocenters.